The van der Waals surface area contributed by atoms with E-state index in [0.29, 0.717) is 6.42 Å². The summed E-state index contributed by atoms with van der Waals surface area (Å²) in [4.78, 5) is 29.6. The third-order valence-corrected chi connectivity index (χ3v) is 8.94. The van der Waals surface area contributed by atoms with E-state index in [1.165, 1.54) is 16.2 Å². The van der Waals surface area contributed by atoms with Crippen LogP contribution in [0.2, 0.25) is 0 Å². The summed E-state index contributed by atoms with van der Waals surface area (Å²) in [6.07, 6.45) is 0.400. The zero-order chi connectivity index (χ0) is 25.4. The Kier molecular flexibility index (Phi) is 6.07. The first-order valence-corrected chi connectivity index (χ1v) is 13.8. The van der Waals surface area contributed by atoms with Crippen LogP contribution in [0.3, 0.4) is 0 Å². The van der Waals surface area contributed by atoms with Crippen LogP contribution >= 0.6 is 23.1 Å². The molecule has 2 heterocycles. The zero-order valence-electron chi connectivity index (χ0n) is 19.8. The van der Waals surface area contributed by atoms with E-state index in [1.54, 1.807) is 6.07 Å². The van der Waals surface area contributed by atoms with Crippen LogP contribution in [0, 0.1) is 0 Å². The number of thioether (sulfide) groups is 1. The monoisotopic (exact) mass is 521 g/mol. The molecule has 6 rings (SSSR count). The summed E-state index contributed by atoms with van der Waals surface area (Å²) in [7, 11) is 0. The van der Waals surface area contributed by atoms with Gasteiger partial charge in [0.25, 0.3) is 5.24 Å². The maximum atomic E-state index is 14.3. The van der Waals surface area contributed by atoms with E-state index in [9.17, 15) is 14.7 Å². The Morgan fingerprint density at radius 3 is 1.81 bits per heavy atom. The molecule has 1 aliphatic heterocycles. The minimum absolute atomic E-state index is 0.218. The molecule has 6 heteroatoms. The molecule has 182 valence electrons. The van der Waals surface area contributed by atoms with Gasteiger partial charge in [0.2, 0.25) is 5.91 Å². The second kappa shape index (κ2) is 9.54. The van der Waals surface area contributed by atoms with Crippen LogP contribution in [0.25, 0.3) is 10.1 Å². The highest BCUT2D eigenvalue weighted by Crippen LogP contribution is 2.48. The summed E-state index contributed by atoms with van der Waals surface area (Å²) in [5.41, 5.74) is 2.38. The number of amides is 2. The van der Waals surface area contributed by atoms with Crippen LogP contribution in [-0.2, 0) is 16.8 Å². The van der Waals surface area contributed by atoms with E-state index in [0.717, 1.165) is 44.1 Å². The first-order valence-electron chi connectivity index (χ1n) is 12.0. The van der Waals surface area contributed by atoms with Gasteiger partial charge in [-0.3, -0.25) is 14.5 Å². The summed E-state index contributed by atoms with van der Waals surface area (Å²) in [5, 5.41) is 12.1. The molecule has 5 aromatic rings. The number of carbonyl (C=O) groups excluding carboxylic acids is 2. The van der Waals surface area contributed by atoms with Crippen LogP contribution in [0.1, 0.15) is 22.3 Å². The van der Waals surface area contributed by atoms with Crippen molar-refractivity contribution in [2.45, 2.75) is 17.2 Å². The lowest BCUT2D eigenvalue weighted by molar-refractivity contribution is -0.129. The number of hydrogen-bond acceptors (Lipinski definition) is 5. The van der Waals surface area contributed by atoms with E-state index in [4.69, 9.17) is 0 Å². The van der Waals surface area contributed by atoms with Gasteiger partial charge in [-0.15, -0.1) is 11.3 Å². The Hall–Kier alpha value is -3.87. The largest absolute Gasteiger partial charge is 0.507 e. The summed E-state index contributed by atoms with van der Waals surface area (Å²) in [6.45, 7) is 0. The molecule has 1 atom stereocenters. The van der Waals surface area contributed by atoms with Gasteiger partial charge < -0.3 is 5.11 Å². The van der Waals surface area contributed by atoms with Crippen molar-refractivity contribution in [2.24, 2.45) is 0 Å². The highest BCUT2D eigenvalue weighted by Gasteiger charge is 2.54. The number of nitrogens with zero attached hydrogens (tertiary/aromatic N) is 1. The third-order valence-electron chi connectivity index (χ3n) is 6.91. The highest BCUT2D eigenvalue weighted by atomic mass is 32.2. The number of imide groups is 1. The van der Waals surface area contributed by atoms with Gasteiger partial charge in [-0.05, 0) is 46.2 Å². The van der Waals surface area contributed by atoms with Crippen LogP contribution in [0.5, 0.6) is 5.75 Å². The highest BCUT2D eigenvalue weighted by molar-refractivity contribution is 8.15. The molecular formula is C31H23NO3S2. The maximum Gasteiger partial charge on any atom is 0.290 e. The van der Waals surface area contributed by atoms with Crippen molar-refractivity contribution in [1.29, 1.82) is 0 Å². The quantitative estimate of drug-likeness (QED) is 0.240. The fourth-order valence-electron chi connectivity index (χ4n) is 5.28. The average Bonchev–Trinajstić information content (AvgIpc) is 3.55. The summed E-state index contributed by atoms with van der Waals surface area (Å²) in [5.74, 6) is 0.00342. The number of rotatable bonds is 6. The molecule has 1 unspecified atom stereocenters. The number of phenols is 1. The smallest absolute Gasteiger partial charge is 0.290 e. The van der Waals surface area contributed by atoms with Gasteiger partial charge in [0, 0.05) is 10.1 Å². The summed E-state index contributed by atoms with van der Waals surface area (Å²) < 4.78 is 0.944. The first kappa shape index (κ1) is 23.5. The molecule has 1 aliphatic rings. The Labute approximate surface area is 223 Å². The number of phenolic OH excluding ortho intramolecular Hbond substituents is 1. The lowest BCUT2D eigenvalue weighted by Crippen LogP contribution is -2.51. The van der Waals surface area contributed by atoms with Gasteiger partial charge in [0.1, 0.15) is 11.3 Å². The Bertz CT molecular complexity index is 1490. The predicted octanol–water partition coefficient (Wildman–Crippen LogP) is 7.21. The van der Waals surface area contributed by atoms with Gasteiger partial charge >= 0.3 is 0 Å². The van der Waals surface area contributed by atoms with Crippen molar-refractivity contribution >= 4 is 44.3 Å². The zero-order valence-corrected chi connectivity index (χ0v) is 21.4. The van der Waals surface area contributed by atoms with Crippen LogP contribution in [-0.4, -0.2) is 26.4 Å². The van der Waals surface area contributed by atoms with E-state index in [2.05, 4.69) is 0 Å². The number of aromatic hydroxyl groups is 1. The molecule has 37 heavy (non-hydrogen) atoms. The molecule has 0 spiro atoms. The van der Waals surface area contributed by atoms with Crippen LogP contribution < -0.4 is 0 Å². The molecule has 0 saturated carbocycles. The number of fused-ring (bicyclic) bond motifs is 1. The number of benzene rings is 4. The fraction of sp³-hybridized carbons (Fsp3) is 0.0968. The Morgan fingerprint density at radius 2 is 1.27 bits per heavy atom. The molecule has 4 nitrogen and oxygen atoms in total. The van der Waals surface area contributed by atoms with Gasteiger partial charge in [-0.25, -0.2) is 0 Å². The minimum Gasteiger partial charge on any atom is -0.507 e. The Balaban J connectivity index is 1.51. The van der Waals surface area contributed by atoms with Gasteiger partial charge in [0.05, 0.1) is 5.25 Å². The number of thiophene rings is 1. The predicted molar refractivity (Wildman–Crippen MR) is 150 cm³/mol. The second-order valence-electron chi connectivity index (χ2n) is 8.97. The van der Waals surface area contributed by atoms with Gasteiger partial charge in [-0.2, -0.15) is 0 Å². The first-order chi connectivity index (χ1) is 18.1. The second-order valence-corrected chi connectivity index (χ2v) is 11.0. The van der Waals surface area contributed by atoms with Crippen molar-refractivity contribution in [3.63, 3.8) is 0 Å². The normalized spacial score (nSPS) is 16.0. The average molecular weight is 522 g/mol. The molecule has 1 fully saturated rings. The molecule has 1 aromatic heterocycles. The summed E-state index contributed by atoms with van der Waals surface area (Å²) >= 11 is 2.61. The molecule has 0 aliphatic carbocycles. The van der Waals surface area contributed by atoms with Crippen LogP contribution in [0.15, 0.2) is 115 Å². The summed E-state index contributed by atoms with van der Waals surface area (Å²) in [6, 6.07) is 34.7. The van der Waals surface area contributed by atoms with Crippen molar-refractivity contribution in [2.75, 3.05) is 0 Å². The maximum absolute atomic E-state index is 14.3. The van der Waals surface area contributed by atoms with Gasteiger partial charge in [0.15, 0.2) is 0 Å². The van der Waals surface area contributed by atoms with E-state index >= 15 is 0 Å². The van der Waals surface area contributed by atoms with Crippen molar-refractivity contribution < 1.29 is 14.7 Å². The Morgan fingerprint density at radius 1 is 0.730 bits per heavy atom. The van der Waals surface area contributed by atoms with E-state index in [1.807, 2.05) is 109 Å². The fourth-order valence-corrected chi connectivity index (χ4v) is 7.27. The standard InChI is InChI=1S/C31H23NO3S2/c33-26-17-16-21(28-25(26)18-19-36-28)20-27-29(34)32(30(35)37-27)31(22-10-4-1-5-11-22,23-12-6-2-7-13-23)24-14-8-3-9-15-24/h1-19,27,33H,20H2. The molecule has 2 amide bonds. The lowest BCUT2D eigenvalue weighted by Gasteiger charge is -2.42. The number of carbonyl (C=O) groups is 2. The van der Waals surface area contributed by atoms with Crippen molar-refractivity contribution in [1.82, 2.24) is 4.90 Å². The molecule has 0 radical (unpaired) electrons. The third kappa shape index (κ3) is 3.84. The van der Waals surface area contributed by atoms with E-state index < -0.39 is 10.8 Å². The molecule has 1 N–H and O–H groups in total. The lowest BCUT2D eigenvalue weighted by atomic mass is 9.75. The SMILES string of the molecule is O=C1SC(Cc2ccc(O)c3ccsc23)C(=O)N1C(c1ccccc1)(c1ccccc1)c1ccccc1. The molecule has 1 saturated heterocycles. The van der Waals surface area contributed by atoms with Crippen molar-refractivity contribution in [3.05, 3.63) is 137 Å². The van der Waals surface area contributed by atoms with E-state index in [-0.39, 0.29) is 16.9 Å². The van der Waals surface area contributed by atoms with Crippen LogP contribution in [0.4, 0.5) is 4.79 Å². The molecule has 0 bridgehead atoms. The molecular weight excluding hydrogens is 498 g/mol. The van der Waals surface area contributed by atoms with Crippen molar-refractivity contribution in [3.8, 4) is 5.75 Å². The molecule has 4 aromatic carbocycles. The number of hydrogen-bond donors (Lipinski definition) is 1. The minimum atomic E-state index is -1.12. The topological polar surface area (TPSA) is 57.6 Å². The van der Waals surface area contributed by atoms with Gasteiger partial charge in [-0.1, -0.05) is 109 Å².